The van der Waals surface area contributed by atoms with Gasteiger partial charge in [-0.25, -0.2) is 14.2 Å². The van der Waals surface area contributed by atoms with E-state index in [0.29, 0.717) is 23.0 Å². The molecule has 0 radical (unpaired) electrons. The highest BCUT2D eigenvalue weighted by atomic mass is 31.2. The normalized spacial score (nSPS) is 12.1. The van der Waals surface area contributed by atoms with Gasteiger partial charge in [-0.3, -0.25) is 0 Å². The van der Waals surface area contributed by atoms with Crippen LogP contribution in [0.4, 0.5) is 0 Å². The predicted molar refractivity (Wildman–Crippen MR) is 244 cm³/mol. The lowest BCUT2D eigenvalue weighted by molar-refractivity contribution is 0.467. The molecule has 0 spiro atoms. The summed E-state index contributed by atoms with van der Waals surface area (Å²) in [4.78, 5) is 0. The van der Waals surface area contributed by atoms with Crippen LogP contribution in [0.25, 0.3) is 11.1 Å². The summed E-state index contributed by atoms with van der Waals surface area (Å²) in [6.45, 7) is 0. The molecule has 0 aliphatic carbocycles. The van der Waals surface area contributed by atoms with Crippen molar-refractivity contribution in [2.75, 3.05) is 0 Å². The van der Waals surface area contributed by atoms with E-state index in [4.69, 9.17) is 22.6 Å². The molecule has 0 saturated carbocycles. The van der Waals surface area contributed by atoms with Crippen LogP contribution >= 0.6 is 31.7 Å². The molecule has 8 aromatic carbocycles. The molecule has 9 rings (SSSR count). The second-order valence-electron chi connectivity index (χ2n) is 13.2. The van der Waals surface area contributed by atoms with Gasteiger partial charge in [-0.05, 0) is 84.1 Å². The van der Waals surface area contributed by atoms with Gasteiger partial charge in [0.1, 0.15) is 11.5 Å². The highest BCUT2D eigenvalue weighted by molar-refractivity contribution is 7.80. The fraction of sp³-hybridized carbons (Fsp3) is 0. The molecule has 0 fully saturated rings. The molecule has 1 heterocycles. The second kappa shape index (κ2) is 17.3. The van der Waals surface area contributed by atoms with Crippen molar-refractivity contribution in [3.05, 3.63) is 218 Å². The van der Waals surface area contributed by atoms with Gasteiger partial charge in [0.25, 0.3) is 0 Å². The van der Waals surface area contributed by atoms with E-state index in [2.05, 4.69) is 121 Å². The van der Waals surface area contributed by atoms with Crippen molar-refractivity contribution in [1.82, 2.24) is 0 Å². The number of nitrogens with zero attached hydrogens (tertiary/aromatic N) is 1. The number of hydrogen-bond donors (Lipinski definition) is 1. The molecule has 6 nitrogen and oxygen atoms in total. The molecule has 1 N–H and O–H groups in total. The molecule has 1 aliphatic heterocycles. The molecule has 8 aromatic rings. The molecular formula is C48H37N2O4P4+. The Hall–Kier alpha value is -5.85. The Balaban J connectivity index is 1.07. The SMILES string of the molecule is N=P(N=[P+]1Oc2ccccc2-c2ccccc2O1)(Oc1ccc(P(c2ccccc2)c2ccccc2)cc1)Oc1ccc(P(c2ccccc2)c2ccccc2)cc1. The summed E-state index contributed by atoms with van der Waals surface area (Å²) >= 11 is 0. The molecule has 0 unspecified atom stereocenters. The Morgan fingerprint density at radius 2 is 0.672 bits per heavy atom. The molecule has 0 saturated heterocycles. The Bertz CT molecular complexity index is 2440. The van der Waals surface area contributed by atoms with E-state index in [1.807, 2.05) is 97.1 Å². The largest absolute Gasteiger partial charge is 0.679 e. The maximum atomic E-state index is 9.85. The first-order chi connectivity index (χ1) is 28.6. The van der Waals surface area contributed by atoms with E-state index in [9.17, 15) is 5.16 Å². The monoisotopic (exact) mass is 829 g/mol. The number of benzene rings is 8. The van der Waals surface area contributed by atoms with Crippen LogP contribution in [0.2, 0.25) is 0 Å². The summed E-state index contributed by atoms with van der Waals surface area (Å²) in [6, 6.07) is 73.7. The molecule has 0 amide bonds. The molecule has 10 heteroatoms. The van der Waals surface area contributed by atoms with Gasteiger partial charge >= 0.3 is 15.8 Å². The first-order valence-corrected chi connectivity index (χ1v) is 24.1. The zero-order valence-electron chi connectivity index (χ0n) is 31.2. The summed E-state index contributed by atoms with van der Waals surface area (Å²) < 4.78 is 30.8. The van der Waals surface area contributed by atoms with Crippen LogP contribution in [0, 0.1) is 5.16 Å². The fourth-order valence-electron chi connectivity index (χ4n) is 6.71. The van der Waals surface area contributed by atoms with Crippen molar-refractivity contribution >= 4 is 63.5 Å². The molecule has 0 atom stereocenters. The van der Waals surface area contributed by atoms with Gasteiger partial charge in [-0.2, -0.15) is 0 Å². The fourth-order valence-corrected chi connectivity index (χ4v) is 14.2. The van der Waals surface area contributed by atoms with E-state index in [-0.39, 0.29) is 0 Å². The Morgan fingerprint density at radius 1 is 0.379 bits per heavy atom. The summed E-state index contributed by atoms with van der Waals surface area (Å²) in [5, 5.41) is 17.1. The standard InChI is InChI=1S/C48H37N2O4P4/c49-58(50-57-51-47-27-15-13-25-45(47)46-26-14-16-28-48(46)52-57,53-37-29-33-43(34-30-37)55(39-17-5-1-6-18-39)40-19-7-2-8-20-40)54-38-31-35-44(36-32-38)56(41-21-9-3-10-22-41)42-23-11-4-12-24-42/h1-36,49H/q+1. The maximum Gasteiger partial charge on any atom is 0.679 e. The highest BCUT2D eigenvalue weighted by Crippen LogP contribution is 2.58. The van der Waals surface area contributed by atoms with Crippen LogP contribution in [0.15, 0.2) is 223 Å². The average Bonchev–Trinajstić information content (AvgIpc) is 3.42. The minimum Gasteiger partial charge on any atom is -0.412 e. The van der Waals surface area contributed by atoms with Gasteiger partial charge in [0.2, 0.25) is 0 Å². The smallest absolute Gasteiger partial charge is 0.412 e. The van der Waals surface area contributed by atoms with E-state index >= 15 is 0 Å². The van der Waals surface area contributed by atoms with Gasteiger partial charge in [-0.15, -0.1) is 0 Å². The van der Waals surface area contributed by atoms with Gasteiger partial charge in [0.05, 0.1) is 4.52 Å². The Labute approximate surface area is 342 Å². The van der Waals surface area contributed by atoms with Crippen molar-refractivity contribution < 1.29 is 18.1 Å². The maximum absolute atomic E-state index is 9.85. The topological polar surface area (TPSA) is 73.1 Å². The summed E-state index contributed by atoms with van der Waals surface area (Å²) in [5.74, 6) is 2.16. The minimum absolute atomic E-state index is 0.464. The number of hydrogen-bond acceptors (Lipinski definition) is 5. The molecule has 58 heavy (non-hydrogen) atoms. The first kappa shape index (κ1) is 37.7. The first-order valence-electron chi connectivity index (χ1n) is 18.7. The zero-order chi connectivity index (χ0) is 39.2. The highest BCUT2D eigenvalue weighted by Gasteiger charge is 2.38. The molecule has 282 valence electrons. The molecular weight excluding hydrogens is 792 g/mol. The van der Waals surface area contributed by atoms with E-state index < -0.39 is 31.7 Å². The van der Waals surface area contributed by atoms with E-state index in [0.717, 1.165) is 21.7 Å². The van der Waals surface area contributed by atoms with Gasteiger partial charge in [-0.1, -0.05) is 182 Å². The Morgan fingerprint density at radius 3 is 1.02 bits per heavy atom. The third-order valence-corrected chi connectivity index (χ3v) is 17.3. The van der Waals surface area contributed by atoms with Gasteiger partial charge in [0, 0.05) is 11.1 Å². The number of para-hydroxylation sites is 2. The molecule has 0 bridgehead atoms. The lowest BCUT2D eigenvalue weighted by Crippen LogP contribution is -2.20. The van der Waals surface area contributed by atoms with E-state index in [1.54, 1.807) is 0 Å². The summed E-state index contributed by atoms with van der Waals surface area (Å²) in [5.41, 5.74) is 1.78. The van der Waals surface area contributed by atoms with Crippen LogP contribution in [-0.2, 0) is 0 Å². The van der Waals surface area contributed by atoms with Crippen molar-refractivity contribution in [3.8, 4) is 34.1 Å². The molecule has 0 aromatic heterocycles. The van der Waals surface area contributed by atoms with Crippen molar-refractivity contribution in [2.45, 2.75) is 0 Å². The lowest BCUT2D eigenvalue weighted by atomic mass is 10.0. The van der Waals surface area contributed by atoms with Gasteiger partial charge in [0.15, 0.2) is 11.5 Å². The predicted octanol–water partition coefficient (Wildman–Crippen LogP) is 11.8. The van der Waals surface area contributed by atoms with Crippen LogP contribution in [0.1, 0.15) is 0 Å². The van der Waals surface area contributed by atoms with Crippen molar-refractivity contribution in [3.63, 3.8) is 0 Å². The van der Waals surface area contributed by atoms with Crippen molar-refractivity contribution in [2.24, 2.45) is 4.52 Å². The third kappa shape index (κ3) is 8.53. The van der Waals surface area contributed by atoms with Crippen LogP contribution in [-0.4, -0.2) is 0 Å². The quantitative estimate of drug-likeness (QED) is 0.132. The van der Waals surface area contributed by atoms with Crippen LogP contribution < -0.4 is 49.9 Å². The van der Waals surface area contributed by atoms with Crippen LogP contribution in [0.3, 0.4) is 0 Å². The zero-order valence-corrected chi connectivity index (χ0v) is 34.7. The summed E-state index contributed by atoms with van der Waals surface area (Å²) in [6.07, 6.45) is 0. The third-order valence-electron chi connectivity index (χ3n) is 9.31. The summed E-state index contributed by atoms with van der Waals surface area (Å²) in [7, 11) is -7.58. The lowest BCUT2D eigenvalue weighted by Gasteiger charge is -2.21. The van der Waals surface area contributed by atoms with Crippen molar-refractivity contribution in [1.29, 1.82) is 5.16 Å². The van der Waals surface area contributed by atoms with Crippen LogP contribution in [0.5, 0.6) is 23.0 Å². The number of rotatable bonds is 11. The second-order valence-corrected chi connectivity index (χ2v) is 20.6. The Kier molecular flexibility index (Phi) is 11.3. The number of fused-ring (bicyclic) bond motifs is 3. The van der Waals surface area contributed by atoms with E-state index in [1.165, 1.54) is 21.2 Å². The molecule has 1 aliphatic rings. The minimum atomic E-state index is -3.87. The average molecular weight is 830 g/mol. The number of nitrogens with one attached hydrogen (secondary N) is 1. The van der Waals surface area contributed by atoms with Gasteiger partial charge < -0.3 is 9.05 Å².